The van der Waals surface area contributed by atoms with Gasteiger partial charge in [0.2, 0.25) is 5.91 Å². The Kier molecular flexibility index (Phi) is 5.53. The molecular formula is C18H22ClN3O2. The second kappa shape index (κ2) is 7.81. The van der Waals surface area contributed by atoms with Gasteiger partial charge in [0.25, 0.3) is 0 Å². The Bertz CT molecular complexity index is 695. The molecule has 5 nitrogen and oxygen atoms in total. The van der Waals surface area contributed by atoms with Crippen LogP contribution in [0.4, 0.5) is 0 Å². The number of nitrogens with one attached hydrogen (secondary N) is 1. The van der Waals surface area contributed by atoms with Crippen molar-refractivity contribution in [2.45, 2.75) is 26.3 Å². The second-order valence-electron chi connectivity index (χ2n) is 6.32. The van der Waals surface area contributed by atoms with Crippen LogP contribution in [-0.2, 0) is 11.3 Å². The molecule has 2 aromatic rings. The van der Waals surface area contributed by atoms with E-state index in [0.29, 0.717) is 23.0 Å². The highest BCUT2D eigenvalue weighted by molar-refractivity contribution is 6.30. The third-order valence-corrected chi connectivity index (χ3v) is 4.53. The number of hydrogen-bond acceptors (Lipinski definition) is 4. The molecule has 0 bridgehead atoms. The Morgan fingerprint density at radius 2 is 2.17 bits per heavy atom. The lowest BCUT2D eigenvalue weighted by atomic mass is 10.1. The smallest absolute Gasteiger partial charge is 0.224 e. The van der Waals surface area contributed by atoms with Crippen LogP contribution in [0.1, 0.15) is 25.5 Å². The summed E-state index contributed by atoms with van der Waals surface area (Å²) in [6.07, 6.45) is 2.47. The topological polar surface area (TPSA) is 58.4 Å². The number of nitrogens with zero attached hydrogens (tertiary/aromatic N) is 2. The number of amides is 1. The number of halogens is 1. The molecule has 1 aliphatic rings. The minimum absolute atomic E-state index is 0.0292. The van der Waals surface area contributed by atoms with E-state index >= 15 is 0 Å². The molecule has 1 atom stereocenters. The van der Waals surface area contributed by atoms with Gasteiger partial charge < -0.3 is 14.7 Å². The first-order valence-electron chi connectivity index (χ1n) is 8.33. The average Bonchev–Trinajstić information content (AvgIpc) is 3.24. The Hall–Kier alpha value is -1.85. The van der Waals surface area contributed by atoms with Gasteiger partial charge in [0.15, 0.2) is 5.76 Å². The van der Waals surface area contributed by atoms with Gasteiger partial charge in [0.1, 0.15) is 5.69 Å². The number of hydrogen-bond donors (Lipinski definition) is 1. The predicted octanol–water partition coefficient (Wildman–Crippen LogP) is 3.34. The molecule has 1 amide bonds. The third kappa shape index (κ3) is 4.36. The molecule has 1 fully saturated rings. The Balaban J connectivity index is 1.52. The lowest BCUT2D eigenvalue weighted by molar-refractivity contribution is -0.125. The molecule has 2 heterocycles. The highest BCUT2D eigenvalue weighted by Crippen LogP contribution is 2.22. The van der Waals surface area contributed by atoms with Crippen molar-refractivity contribution in [1.82, 2.24) is 15.4 Å². The summed E-state index contributed by atoms with van der Waals surface area (Å²) >= 11 is 5.99. The number of carbonyl (C=O) groups is 1. The fraction of sp³-hybridized carbons (Fsp3) is 0.444. The van der Waals surface area contributed by atoms with E-state index in [1.54, 1.807) is 0 Å². The molecule has 0 spiro atoms. The molecule has 1 aromatic carbocycles. The molecule has 6 heteroatoms. The normalized spacial score (nSPS) is 16.2. The van der Waals surface area contributed by atoms with Crippen LogP contribution in [0, 0.1) is 5.92 Å². The van der Waals surface area contributed by atoms with Crippen LogP contribution < -0.4 is 5.32 Å². The van der Waals surface area contributed by atoms with Crippen LogP contribution in [0.5, 0.6) is 0 Å². The van der Waals surface area contributed by atoms with Crippen molar-refractivity contribution < 1.29 is 9.32 Å². The van der Waals surface area contributed by atoms with Gasteiger partial charge in [-0.1, -0.05) is 35.8 Å². The van der Waals surface area contributed by atoms with Gasteiger partial charge in [0.05, 0.1) is 6.54 Å². The molecule has 128 valence electrons. The minimum Gasteiger partial charge on any atom is -0.359 e. The summed E-state index contributed by atoms with van der Waals surface area (Å²) in [5, 5.41) is 7.62. The molecular weight excluding hydrogens is 326 g/mol. The maximum absolute atomic E-state index is 12.2. The summed E-state index contributed by atoms with van der Waals surface area (Å²) in [5.74, 6) is 0.646. The summed E-state index contributed by atoms with van der Waals surface area (Å²) in [5.41, 5.74) is 1.61. The van der Waals surface area contributed by atoms with E-state index in [1.165, 1.54) is 12.8 Å². The zero-order valence-corrected chi connectivity index (χ0v) is 14.6. The summed E-state index contributed by atoms with van der Waals surface area (Å²) in [6.45, 7) is 5.32. The van der Waals surface area contributed by atoms with E-state index in [4.69, 9.17) is 16.1 Å². The number of carbonyl (C=O) groups excluding carboxylic acids is 1. The fourth-order valence-corrected chi connectivity index (χ4v) is 3.15. The Morgan fingerprint density at radius 1 is 1.38 bits per heavy atom. The van der Waals surface area contributed by atoms with Crippen molar-refractivity contribution in [2.24, 2.45) is 5.92 Å². The predicted molar refractivity (Wildman–Crippen MR) is 93.6 cm³/mol. The van der Waals surface area contributed by atoms with Gasteiger partial charge in [-0.25, -0.2) is 0 Å². The van der Waals surface area contributed by atoms with Crippen LogP contribution in [0.25, 0.3) is 11.3 Å². The molecule has 1 aliphatic heterocycles. The highest BCUT2D eigenvalue weighted by Gasteiger charge is 2.19. The fourth-order valence-electron chi connectivity index (χ4n) is 2.96. The van der Waals surface area contributed by atoms with Gasteiger partial charge in [-0.2, -0.15) is 0 Å². The lowest BCUT2D eigenvalue weighted by Gasteiger charge is -2.19. The SMILES string of the molecule is CC(CN1CCCC1)C(=O)NCc1cc(-c2cccc(Cl)c2)no1. The number of benzene rings is 1. The summed E-state index contributed by atoms with van der Waals surface area (Å²) in [6, 6.07) is 9.27. The molecule has 0 aliphatic carbocycles. The van der Waals surface area contributed by atoms with Gasteiger partial charge in [-0.3, -0.25) is 4.79 Å². The van der Waals surface area contributed by atoms with E-state index in [2.05, 4.69) is 15.4 Å². The van der Waals surface area contributed by atoms with Crippen molar-refractivity contribution in [1.29, 1.82) is 0 Å². The second-order valence-corrected chi connectivity index (χ2v) is 6.75. The first kappa shape index (κ1) is 17.0. The van der Waals surface area contributed by atoms with Crippen LogP contribution in [0.3, 0.4) is 0 Å². The van der Waals surface area contributed by atoms with Crippen LogP contribution >= 0.6 is 11.6 Å². The highest BCUT2D eigenvalue weighted by atomic mass is 35.5. The van der Waals surface area contributed by atoms with Crippen LogP contribution in [-0.4, -0.2) is 35.6 Å². The monoisotopic (exact) mass is 347 g/mol. The summed E-state index contributed by atoms with van der Waals surface area (Å²) in [4.78, 5) is 14.6. The molecule has 3 rings (SSSR count). The van der Waals surface area contributed by atoms with Crippen molar-refractivity contribution in [3.63, 3.8) is 0 Å². The average molecular weight is 348 g/mol. The zero-order chi connectivity index (χ0) is 16.9. The van der Waals surface area contributed by atoms with E-state index in [1.807, 2.05) is 37.3 Å². The van der Waals surface area contributed by atoms with Crippen molar-refractivity contribution in [2.75, 3.05) is 19.6 Å². The third-order valence-electron chi connectivity index (χ3n) is 4.29. The lowest BCUT2D eigenvalue weighted by Crippen LogP contribution is -2.36. The number of aromatic nitrogens is 1. The summed E-state index contributed by atoms with van der Waals surface area (Å²) < 4.78 is 5.30. The number of likely N-dealkylation sites (tertiary alicyclic amines) is 1. The molecule has 24 heavy (non-hydrogen) atoms. The molecule has 1 unspecified atom stereocenters. The zero-order valence-electron chi connectivity index (χ0n) is 13.8. The molecule has 0 radical (unpaired) electrons. The quantitative estimate of drug-likeness (QED) is 0.870. The van der Waals surface area contributed by atoms with Crippen molar-refractivity contribution in [3.8, 4) is 11.3 Å². The summed E-state index contributed by atoms with van der Waals surface area (Å²) in [7, 11) is 0. The van der Waals surface area contributed by atoms with Crippen molar-refractivity contribution in [3.05, 3.63) is 41.1 Å². The van der Waals surface area contributed by atoms with E-state index in [0.717, 1.165) is 25.2 Å². The standard InChI is InChI=1S/C18H22ClN3O2/c1-13(12-22-7-2-3-8-22)18(23)20-11-16-10-17(21-24-16)14-5-4-6-15(19)9-14/h4-6,9-10,13H,2-3,7-8,11-12H2,1H3,(H,20,23). The van der Waals surface area contributed by atoms with E-state index < -0.39 is 0 Å². The van der Waals surface area contributed by atoms with E-state index in [-0.39, 0.29) is 11.8 Å². The first-order valence-corrected chi connectivity index (χ1v) is 8.71. The maximum Gasteiger partial charge on any atom is 0.224 e. The van der Waals surface area contributed by atoms with E-state index in [9.17, 15) is 4.79 Å². The Morgan fingerprint density at radius 3 is 2.92 bits per heavy atom. The van der Waals surface area contributed by atoms with Gasteiger partial charge in [-0.05, 0) is 38.1 Å². The van der Waals surface area contributed by atoms with Gasteiger partial charge in [-0.15, -0.1) is 0 Å². The Labute approximate surface area is 147 Å². The first-order chi connectivity index (χ1) is 11.6. The van der Waals surface area contributed by atoms with Crippen LogP contribution in [0.15, 0.2) is 34.9 Å². The molecule has 1 saturated heterocycles. The van der Waals surface area contributed by atoms with Gasteiger partial charge in [0, 0.05) is 29.1 Å². The largest absolute Gasteiger partial charge is 0.359 e. The number of rotatable bonds is 6. The molecule has 0 saturated carbocycles. The van der Waals surface area contributed by atoms with Crippen molar-refractivity contribution >= 4 is 17.5 Å². The minimum atomic E-state index is -0.0292. The maximum atomic E-state index is 12.2. The molecule has 1 N–H and O–H groups in total. The van der Waals surface area contributed by atoms with Crippen LogP contribution in [0.2, 0.25) is 5.02 Å². The van der Waals surface area contributed by atoms with Gasteiger partial charge >= 0.3 is 0 Å². The molecule has 1 aromatic heterocycles.